The molecule has 0 spiro atoms. The van der Waals surface area contributed by atoms with Crippen LogP contribution in [0.1, 0.15) is 18.0 Å². The number of rotatable bonds is 0. The molecule has 1 aromatic rings. The highest BCUT2D eigenvalue weighted by Gasteiger charge is 2.30. The van der Waals surface area contributed by atoms with Crippen LogP contribution in [-0.2, 0) is 6.54 Å². The van der Waals surface area contributed by atoms with Gasteiger partial charge in [0.05, 0.1) is 0 Å². The Morgan fingerprint density at radius 2 is 2.27 bits per heavy atom. The molecular formula is C11H13ClN2O. The number of nitrogens with zero attached hydrogens (tertiary/aromatic N) is 1. The third-order valence-corrected chi connectivity index (χ3v) is 3.64. The van der Waals surface area contributed by atoms with E-state index in [4.69, 9.17) is 11.6 Å². The minimum atomic E-state index is 0.0501. The monoisotopic (exact) mass is 224 g/mol. The summed E-state index contributed by atoms with van der Waals surface area (Å²) in [5.41, 5.74) is 1.16. The Hall–Kier alpha value is -0.800. The molecule has 2 atom stereocenters. The lowest BCUT2D eigenvalue weighted by molar-refractivity contribution is 0.257. The summed E-state index contributed by atoms with van der Waals surface area (Å²) in [6.45, 7) is 2.84. The van der Waals surface area contributed by atoms with Crippen molar-refractivity contribution in [1.82, 2.24) is 9.88 Å². The lowest BCUT2D eigenvalue weighted by Gasteiger charge is -2.37. The van der Waals surface area contributed by atoms with Crippen molar-refractivity contribution >= 4 is 11.6 Å². The Labute approximate surface area is 93.1 Å². The van der Waals surface area contributed by atoms with E-state index in [9.17, 15) is 4.79 Å². The van der Waals surface area contributed by atoms with Gasteiger partial charge in [0.2, 0.25) is 0 Å². The fourth-order valence-electron chi connectivity index (χ4n) is 2.77. The summed E-state index contributed by atoms with van der Waals surface area (Å²) < 4.78 is 1.89. The molecule has 3 heterocycles. The van der Waals surface area contributed by atoms with Crippen LogP contribution in [0.2, 0.25) is 5.02 Å². The Bertz CT molecular complexity index is 454. The topological polar surface area (TPSA) is 34.0 Å². The van der Waals surface area contributed by atoms with Gasteiger partial charge in [-0.15, -0.1) is 0 Å². The van der Waals surface area contributed by atoms with Crippen molar-refractivity contribution in [2.24, 2.45) is 5.92 Å². The van der Waals surface area contributed by atoms with Gasteiger partial charge in [-0.25, -0.2) is 0 Å². The summed E-state index contributed by atoms with van der Waals surface area (Å²) >= 11 is 5.92. The molecule has 2 aliphatic rings. The second kappa shape index (κ2) is 3.35. The van der Waals surface area contributed by atoms with Gasteiger partial charge in [-0.1, -0.05) is 11.6 Å². The zero-order valence-corrected chi connectivity index (χ0v) is 9.13. The van der Waals surface area contributed by atoms with Crippen LogP contribution in [0.3, 0.4) is 0 Å². The molecule has 0 aliphatic carbocycles. The van der Waals surface area contributed by atoms with Crippen LogP contribution in [0, 0.1) is 5.92 Å². The first-order valence-electron chi connectivity index (χ1n) is 5.35. The van der Waals surface area contributed by atoms with Gasteiger partial charge in [-0.2, -0.15) is 0 Å². The molecular weight excluding hydrogens is 212 g/mol. The molecule has 3 nitrogen and oxygen atoms in total. The van der Waals surface area contributed by atoms with Gasteiger partial charge < -0.3 is 9.88 Å². The molecule has 0 amide bonds. The highest BCUT2D eigenvalue weighted by atomic mass is 35.5. The first kappa shape index (κ1) is 9.43. The highest BCUT2D eigenvalue weighted by Crippen LogP contribution is 2.32. The Kier molecular flexibility index (Phi) is 2.11. The number of halogens is 1. The predicted molar refractivity (Wildman–Crippen MR) is 59.4 cm³/mol. The third kappa shape index (κ3) is 1.50. The SMILES string of the molecule is O=c1cc(Cl)cc2n1CC1CNC[C@@H]2C1. The fourth-order valence-corrected chi connectivity index (χ4v) is 2.98. The molecule has 4 heteroatoms. The highest BCUT2D eigenvalue weighted by molar-refractivity contribution is 6.30. The molecule has 1 fully saturated rings. The summed E-state index contributed by atoms with van der Waals surface area (Å²) in [7, 11) is 0. The van der Waals surface area contributed by atoms with Crippen LogP contribution in [-0.4, -0.2) is 17.7 Å². The van der Waals surface area contributed by atoms with Crippen molar-refractivity contribution < 1.29 is 0 Å². The van der Waals surface area contributed by atoms with Crippen LogP contribution < -0.4 is 10.9 Å². The van der Waals surface area contributed by atoms with Gasteiger partial charge in [0.15, 0.2) is 0 Å². The maximum absolute atomic E-state index is 11.8. The van der Waals surface area contributed by atoms with Gasteiger partial charge in [-0.05, 0) is 24.9 Å². The smallest absolute Gasteiger partial charge is 0.252 e. The molecule has 2 bridgehead atoms. The minimum Gasteiger partial charge on any atom is -0.316 e. The molecule has 2 aliphatic heterocycles. The molecule has 1 unspecified atom stereocenters. The van der Waals surface area contributed by atoms with Crippen molar-refractivity contribution in [2.45, 2.75) is 18.9 Å². The quantitative estimate of drug-likeness (QED) is 0.719. The fraction of sp³-hybridized carbons (Fsp3) is 0.545. The predicted octanol–water partition coefficient (Wildman–Crippen LogP) is 1.21. The molecule has 0 radical (unpaired) electrons. The molecule has 1 N–H and O–H groups in total. The maximum Gasteiger partial charge on any atom is 0.252 e. The van der Waals surface area contributed by atoms with E-state index in [1.165, 1.54) is 12.5 Å². The van der Waals surface area contributed by atoms with Crippen molar-refractivity contribution in [3.63, 3.8) is 0 Å². The van der Waals surface area contributed by atoms with E-state index in [0.717, 1.165) is 25.3 Å². The molecule has 0 aromatic carbocycles. The number of hydrogen-bond donors (Lipinski definition) is 1. The lowest BCUT2D eigenvalue weighted by Crippen LogP contribution is -2.44. The first-order chi connectivity index (χ1) is 7.24. The lowest BCUT2D eigenvalue weighted by atomic mass is 9.84. The van der Waals surface area contributed by atoms with Crippen LogP contribution in [0.4, 0.5) is 0 Å². The van der Waals surface area contributed by atoms with Crippen molar-refractivity contribution in [1.29, 1.82) is 0 Å². The van der Waals surface area contributed by atoms with E-state index < -0.39 is 0 Å². The zero-order chi connectivity index (χ0) is 10.4. The minimum absolute atomic E-state index is 0.0501. The summed E-state index contributed by atoms with van der Waals surface area (Å²) in [5, 5.41) is 3.97. The molecule has 1 aromatic heterocycles. The van der Waals surface area contributed by atoms with Gasteiger partial charge in [0.25, 0.3) is 5.56 Å². The number of aromatic nitrogens is 1. The maximum atomic E-state index is 11.8. The average molecular weight is 225 g/mol. The van der Waals surface area contributed by atoms with Crippen LogP contribution in [0.25, 0.3) is 0 Å². The Morgan fingerprint density at radius 1 is 1.40 bits per heavy atom. The summed E-state index contributed by atoms with van der Waals surface area (Å²) in [5.74, 6) is 1.07. The molecule has 15 heavy (non-hydrogen) atoms. The molecule has 0 saturated carbocycles. The number of nitrogens with one attached hydrogen (secondary N) is 1. The zero-order valence-electron chi connectivity index (χ0n) is 8.37. The molecule has 80 valence electrons. The van der Waals surface area contributed by atoms with Crippen LogP contribution >= 0.6 is 11.6 Å². The molecule has 3 rings (SSSR count). The number of hydrogen-bond acceptors (Lipinski definition) is 2. The van der Waals surface area contributed by atoms with E-state index in [-0.39, 0.29) is 5.56 Å². The average Bonchev–Trinajstić information content (AvgIpc) is 2.21. The van der Waals surface area contributed by atoms with Gasteiger partial charge in [-0.3, -0.25) is 4.79 Å². The summed E-state index contributed by atoms with van der Waals surface area (Å²) in [6, 6.07) is 3.45. The Morgan fingerprint density at radius 3 is 3.13 bits per heavy atom. The van der Waals surface area contributed by atoms with Crippen molar-refractivity contribution in [2.75, 3.05) is 13.1 Å². The van der Waals surface area contributed by atoms with Crippen LogP contribution in [0.15, 0.2) is 16.9 Å². The van der Waals surface area contributed by atoms with Crippen molar-refractivity contribution in [3.05, 3.63) is 33.2 Å². The van der Waals surface area contributed by atoms with Gasteiger partial charge in [0.1, 0.15) is 0 Å². The molecule has 1 saturated heterocycles. The van der Waals surface area contributed by atoms with E-state index in [0.29, 0.717) is 16.9 Å². The second-order valence-corrected chi connectivity index (χ2v) is 4.94. The standard InChI is InChI=1S/C11H13ClN2O/c12-9-2-10-8-1-7(4-13-5-8)6-14(10)11(15)3-9/h2-3,7-8,13H,1,4-6H2/t7?,8-/m0/s1. The summed E-state index contributed by atoms with van der Waals surface area (Å²) in [6.07, 6.45) is 1.19. The second-order valence-electron chi connectivity index (χ2n) is 4.50. The third-order valence-electron chi connectivity index (χ3n) is 3.43. The number of fused-ring (bicyclic) bond motifs is 4. The largest absolute Gasteiger partial charge is 0.316 e. The number of piperidine rings is 1. The van der Waals surface area contributed by atoms with E-state index in [1.807, 2.05) is 10.6 Å². The van der Waals surface area contributed by atoms with E-state index >= 15 is 0 Å². The van der Waals surface area contributed by atoms with Crippen molar-refractivity contribution in [3.8, 4) is 0 Å². The van der Waals surface area contributed by atoms with Gasteiger partial charge >= 0.3 is 0 Å². The van der Waals surface area contributed by atoms with E-state index in [2.05, 4.69) is 5.32 Å². The van der Waals surface area contributed by atoms with Gasteiger partial charge in [0, 0.05) is 35.8 Å². The van der Waals surface area contributed by atoms with Crippen LogP contribution in [0.5, 0.6) is 0 Å². The summed E-state index contributed by atoms with van der Waals surface area (Å²) in [4.78, 5) is 11.8. The normalized spacial score (nSPS) is 28.6. The number of pyridine rings is 1. The first-order valence-corrected chi connectivity index (χ1v) is 5.73. The Balaban J connectivity index is 2.17. The van der Waals surface area contributed by atoms with E-state index in [1.54, 1.807) is 0 Å².